The lowest BCUT2D eigenvalue weighted by atomic mass is 10.1. The summed E-state index contributed by atoms with van der Waals surface area (Å²) in [4.78, 5) is 10.7. The molecule has 0 atom stereocenters. The first-order valence-corrected chi connectivity index (χ1v) is 3.87. The highest BCUT2D eigenvalue weighted by Crippen LogP contribution is 2.17. The number of phenols is 1. The first-order chi connectivity index (χ1) is 5.59. The number of Topliss-reactive ketones (excluding diaryl/α,β-unsaturated/α-hetero) is 1. The van der Waals surface area contributed by atoms with E-state index in [2.05, 4.69) is 0 Å². The Bertz CT molecular complexity index is 303. The van der Waals surface area contributed by atoms with Crippen LogP contribution in [0.1, 0.15) is 18.1 Å². The second-order valence-corrected chi connectivity index (χ2v) is 3.00. The average molecular weight is 164 g/mol. The van der Waals surface area contributed by atoms with Gasteiger partial charge in [-0.15, -0.1) is 0 Å². The molecule has 0 saturated heterocycles. The summed E-state index contributed by atoms with van der Waals surface area (Å²) in [5, 5.41) is 9.30. The molecule has 0 aliphatic rings. The van der Waals surface area contributed by atoms with E-state index in [0.29, 0.717) is 6.42 Å². The lowest BCUT2D eigenvalue weighted by Crippen LogP contribution is -1.95. The van der Waals surface area contributed by atoms with Crippen molar-refractivity contribution in [2.45, 2.75) is 20.3 Å². The SMILES string of the molecule is CC(=O)Cc1ccc(C)c(O)c1. The van der Waals surface area contributed by atoms with Crippen LogP contribution in [0.3, 0.4) is 0 Å². The maximum Gasteiger partial charge on any atom is 0.134 e. The lowest BCUT2D eigenvalue weighted by molar-refractivity contribution is -0.116. The summed E-state index contributed by atoms with van der Waals surface area (Å²) >= 11 is 0. The summed E-state index contributed by atoms with van der Waals surface area (Å²) in [6.45, 7) is 3.36. The molecule has 2 heteroatoms. The van der Waals surface area contributed by atoms with Crippen molar-refractivity contribution in [2.75, 3.05) is 0 Å². The monoisotopic (exact) mass is 164 g/mol. The Labute approximate surface area is 71.8 Å². The zero-order valence-corrected chi connectivity index (χ0v) is 7.29. The van der Waals surface area contributed by atoms with Gasteiger partial charge in [-0.3, -0.25) is 4.79 Å². The Morgan fingerprint density at radius 2 is 2.17 bits per heavy atom. The number of aromatic hydroxyl groups is 1. The van der Waals surface area contributed by atoms with Gasteiger partial charge < -0.3 is 5.11 Å². The van der Waals surface area contributed by atoms with Crippen LogP contribution in [0, 0.1) is 6.92 Å². The van der Waals surface area contributed by atoms with E-state index in [0.717, 1.165) is 11.1 Å². The van der Waals surface area contributed by atoms with Crippen molar-refractivity contribution in [3.05, 3.63) is 29.3 Å². The van der Waals surface area contributed by atoms with E-state index < -0.39 is 0 Å². The maximum atomic E-state index is 10.7. The van der Waals surface area contributed by atoms with Gasteiger partial charge in [0.15, 0.2) is 0 Å². The van der Waals surface area contributed by atoms with Crippen LogP contribution >= 0.6 is 0 Å². The molecular formula is C10H12O2. The van der Waals surface area contributed by atoms with Crippen molar-refractivity contribution >= 4 is 5.78 Å². The molecule has 0 aliphatic carbocycles. The minimum Gasteiger partial charge on any atom is -0.508 e. The molecule has 0 radical (unpaired) electrons. The van der Waals surface area contributed by atoms with Crippen LogP contribution in [0.2, 0.25) is 0 Å². The van der Waals surface area contributed by atoms with Gasteiger partial charge in [0, 0.05) is 6.42 Å². The highest BCUT2D eigenvalue weighted by atomic mass is 16.3. The maximum absolute atomic E-state index is 10.7. The van der Waals surface area contributed by atoms with Crippen LogP contribution < -0.4 is 0 Å². The number of benzene rings is 1. The van der Waals surface area contributed by atoms with E-state index in [1.54, 1.807) is 6.07 Å². The van der Waals surface area contributed by atoms with Crippen molar-refractivity contribution in [3.8, 4) is 5.75 Å². The van der Waals surface area contributed by atoms with Gasteiger partial charge in [-0.25, -0.2) is 0 Å². The molecule has 0 unspecified atom stereocenters. The van der Waals surface area contributed by atoms with Gasteiger partial charge in [0.25, 0.3) is 0 Å². The van der Waals surface area contributed by atoms with Gasteiger partial charge in [-0.2, -0.15) is 0 Å². The van der Waals surface area contributed by atoms with Gasteiger partial charge in [0.1, 0.15) is 11.5 Å². The second-order valence-electron chi connectivity index (χ2n) is 3.00. The van der Waals surface area contributed by atoms with Crippen LogP contribution in [0.4, 0.5) is 0 Å². The van der Waals surface area contributed by atoms with E-state index in [9.17, 15) is 9.90 Å². The number of ketones is 1. The Morgan fingerprint density at radius 3 is 2.67 bits per heavy atom. The predicted octanol–water partition coefficient (Wildman–Crippen LogP) is 1.83. The minimum atomic E-state index is 0.109. The first-order valence-electron chi connectivity index (χ1n) is 3.87. The van der Waals surface area contributed by atoms with Gasteiger partial charge in [-0.05, 0) is 31.0 Å². The van der Waals surface area contributed by atoms with Crippen LogP contribution in [0.15, 0.2) is 18.2 Å². The largest absolute Gasteiger partial charge is 0.508 e. The Morgan fingerprint density at radius 1 is 1.50 bits per heavy atom. The summed E-state index contributed by atoms with van der Waals surface area (Å²) in [6, 6.07) is 5.31. The van der Waals surface area contributed by atoms with Crippen LogP contribution in [0.25, 0.3) is 0 Å². The van der Waals surface area contributed by atoms with Crippen molar-refractivity contribution in [1.82, 2.24) is 0 Å². The number of hydrogen-bond donors (Lipinski definition) is 1. The number of aryl methyl sites for hydroxylation is 1. The zero-order valence-electron chi connectivity index (χ0n) is 7.29. The molecular weight excluding hydrogens is 152 g/mol. The summed E-state index contributed by atoms with van der Waals surface area (Å²) in [7, 11) is 0. The van der Waals surface area contributed by atoms with Crippen molar-refractivity contribution in [1.29, 1.82) is 0 Å². The number of phenolic OH excluding ortho intramolecular Hbond substituents is 1. The summed E-state index contributed by atoms with van der Waals surface area (Å²) < 4.78 is 0. The predicted molar refractivity (Wildman–Crippen MR) is 47.2 cm³/mol. The third-order valence-corrected chi connectivity index (χ3v) is 1.73. The number of rotatable bonds is 2. The average Bonchev–Trinajstić information content (AvgIpc) is 1.96. The topological polar surface area (TPSA) is 37.3 Å². The molecule has 1 rings (SSSR count). The Hall–Kier alpha value is -1.31. The summed E-state index contributed by atoms with van der Waals surface area (Å²) in [5.41, 5.74) is 1.70. The summed E-state index contributed by atoms with van der Waals surface area (Å²) in [6.07, 6.45) is 0.397. The third-order valence-electron chi connectivity index (χ3n) is 1.73. The smallest absolute Gasteiger partial charge is 0.134 e. The fourth-order valence-corrected chi connectivity index (χ4v) is 1.05. The van der Waals surface area contributed by atoms with Crippen LogP contribution in [-0.2, 0) is 11.2 Å². The molecule has 0 amide bonds. The van der Waals surface area contributed by atoms with E-state index in [-0.39, 0.29) is 11.5 Å². The van der Waals surface area contributed by atoms with Gasteiger partial charge in [0.05, 0.1) is 0 Å². The molecule has 0 fully saturated rings. The first kappa shape index (κ1) is 8.78. The molecule has 64 valence electrons. The van der Waals surface area contributed by atoms with E-state index in [4.69, 9.17) is 0 Å². The van der Waals surface area contributed by atoms with Gasteiger partial charge in [-0.1, -0.05) is 12.1 Å². The molecule has 0 aliphatic heterocycles. The van der Waals surface area contributed by atoms with E-state index >= 15 is 0 Å². The lowest BCUT2D eigenvalue weighted by Gasteiger charge is -2.01. The van der Waals surface area contributed by atoms with E-state index in [1.165, 1.54) is 6.92 Å². The Kier molecular flexibility index (Phi) is 2.48. The highest BCUT2D eigenvalue weighted by Gasteiger charge is 2.00. The standard InChI is InChI=1S/C10H12O2/c1-7-3-4-9(5-8(2)11)6-10(7)12/h3-4,6,12H,5H2,1-2H3. The number of carbonyl (C=O) groups is 1. The molecule has 12 heavy (non-hydrogen) atoms. The van der Waals surface area contributed by atoms with Gasteiger partial charge in [0.2, 0.25) is 0 Å². The van der Waals surface area contributed by atoms with E-state index in [1.807, 2.05) is 19.1 Å². The van der Waals surface area contributed by atoms with Crippen molar-refractivity contribution < 1.29 is 9.90 Å². The molecule has 0 saturated carbocycles. The van der Waals surface area contributed by atoms with Crippen LogP contribution in [0.5, 0.6) is 5.75 Å². The molecule has 0 aromatic heterocycles. The van der Waals surface area contributed by atoms with Gasteiger partial charge >= 0.3 is 0 Å². The molecule has 0 spiro atoms. The normalized spacial score (nSPS) is 9.83. The third kappa shape index (κ3) is 2.09. The number of hydrogen-bond acceptors (Lipinski definition) is 2. The molecule has 0 heterocycles. The fourth-order valence-electron chi connectivity index (χ4n) is 1.05. The second kappa shape index (κ2) is 3.39. The van der Waals surface area contributed by atoms with Crippen molar-refractivity contribution in [3.63, 3.8) is 0 Å². The Balaban J connectivity index is 2.89. The summed E-state index contributed by atoms with van der Waals surface area (Å²) in [5.74, 6) is 0.368. The minimum absolute atomic E-state index is 0.109. The molecule has 2 nitrogen and oxygen atoms in total. The highest BCUT2D eigenvalue weighted by molar-refractivity contribution is 5.78. The van der Waals surface area contributed by atoms with Crippen LogP contribution in [-0.4, -0.2) is 10.9 Å². The molecule has 1 aromatic carbocycles. The molecule has 1 N–H and O–H groups in total. The number of carbonyl (C=O) groups excluding carboxylic acids is 1. The molecule has 1 aromatic rings. The van der Waals surface area contributed by atoms with Crippen molar-refractivity contribution in [2.24, 2.45) is 0 Å². The molecule has 0 bridgehead atoms. The fraction of sp³-hybridized carbons (Fsp3) is 0.300. The quantitative estimate of drug-likeness (QED) is 0.724. The zero-order chi connectivity index (χ0) is 9.14.